The summed E-state index contributed by atoms with van der Waals surface area (Å²) in [5.41, 5.74) is 1.21. The van der Waals surface area contributed by atoms with Gasteiger partial charge in [-0.2, -0.15) is 0 Å². The van der Waals surface area contributed by atoms with Gasteiger partial charge in [-0.3, -0.25) is 4.99 Å². The predicted molar refractivity (Wildman–Crippen MR) is 109 cm³/mol. The van der Waals surface area contributed by atoms with Gasteiger partial charge in [0.25, 0.3) is 0 Å². The van der Waals surface area contributed by atoms with Gasteiger partial charge in [-0.15, -0.1) is 0 Å². The number of anilines is 1. The van der Waals surface area contributed by atoms with Crippen LogP contribution in [-0.2, 0) is 11.3 Å². The highest BCUT2D eigenvalue weighted by Crippen LogP contribution is 2.16. The van der Waals surface area contributed by atoms with Crippen LogP contribution in [0.1, 0.15) is 45.6 Å². The molecule has 6 nitrogen and oxygen atoms in total. The van der Waals surface area contributed by atoms with Crippen molar-refractivity contribution in [3.63, 3.8) is 0 Å². The maximum atomic E-state index is 5.62. The van der Waals surface area contributed by atoms with Crippen molar-refractivity contribution >= 4 is 11.8 Å². The first-order valence-corrected chi connectivity index (χ1v) is 9.84. The lowest BCUT2D eigenvalue weighted by atomic mass is 10.1. The van der Waals surface area contributed by atoms with Crippen LogP contribution < -0.4 is 15.5 Å². The molecule has 1 saturated heterocycles. The normalized spacial score (nSPS) is 18.3. The molecule has 0 spiro atoms. The van der Waals surface area contributed by atoms with Crippen LogP contribution in [0.2, 0.25) is 0 Å². The Morgan fingerprint density at radius 1 is 1.38 bits per heavy atom. The van der Waals surface area contributed by atoms with Gasteiger partial charge in [0, 0.05) is 39.4 Å². The summed E-state index contributed by atoms with van der Waals surface area (Å²) in [6, 6.07) is 4.21. The molecule has 1 unspecified atom stereocenters. The van der Waals surface area contributed by atoms with Gasteiger partial charge < -0.3 is 20.3 Å². The van der Waals surface area contributed by atoms with E-state index >= 15 is 0 Å². The van der Waals surface area contributed by atoms with E-state index in [1.807, 2.05) is 13.2 Å². The van der Waals surface area contributed by atoms with Crippen molar-refractivity contribution in [1.82, 2.24) is 15.6 Å². The Labute approximate surface area is 158 Å². The van der Waals surface area contributed by atoms with Crippen molar-refractivity contribution in [2.75, 3.05) is 38.2 Å². The molecule has 0 saturated carbocycles. The Bertz CT molecular complexity index is 561. The smallest absolute Gasteiger partial charge is 0.191 e. The van der Waals surface area contributed by atoms with Gasteiger partial charge in [0.2, 0.25) is 0 Å². The summed E-state index contributed by atoms with van der Waals surface area (Å²) < 4.78 is 5.62. The summed E-state index contributed by atoms with van der Waals surface area (Å²) in [5.74, 6) is 2.66. The van der Waals surface area contributed by atoms with E-state index in [4.69, 9.17) is 4.74 Å². The van der Waals surface area contributed by atoms with E-state index in [9.17, 15) is 0 Å². The summed E-state index contributed by atoms with van der Waals surface area (Å²) in [6.45, 7) is 10.9. The second-order valence-corrected chi connectivity index (χ2v) is 7.39. The molecular weight excluding hydrogens is 326 g/mol. The van der Waals surface area contributed by atoms with Crippen LogP contribution in [0.5, 0.6) is 0 Å². The van der Waals surface area contributed by atoms with Gasteiger partial charge in [-0.1, -0.05) is 26.7 Å². The number of aliphatic imine (C=N–C) groups is 1. The van der Waals surface area contributed by atoms with Crippen LogP contribution in [0.25, 0.3) is 0 Å². The lowest BCUT2D eigenvalue weighted by Gasteiger charge is -2.32. The number of rotatable bonds is 8. The van der Waals surface area contributed by atoms with E-state index in [-0.39, 0.29) is 6.10 Å². The third-order valence-electron chi connectivity index (χ3n) is 4.56. The Hall–Kier alpha value is -1.82. The zero-order chi connectivity index (χ0) is 18.8. The summed E-state index contributed by atoms with van der Waals surface area (Å²) >= 11 is 0. The molecule has 2 N–H and O–H groups in total. The molecule has 0 aliphatic carbocycles. The Morgan fingerprint density at radius 2 is 2.23 bits per heavy atom. The van der Waals surface area contributed by atoms with Crippen LogP contribution in [0.3, 0.4) is 0 Å². The molecule has 146 valence electrons. The van der Waals surface area contributed by atoms with E-state index < -0.39 is 0 Å². The minimum absolute atomic E-state index is 0.256. The number of ether oxygens (including phenoxy) is 1. The lowest BCUT2D eigenvalue weighted by Crippen LogP contribution is -2.41. The van der Waals surface area contributed by atoms with Crippen LogP contribution in [0, 0.1) is 5.92 Å². The average Bonchev–Trinajstić information content (AvgIpc) is 2.64. The van der Waals surface area contributed by atoms with E-state index in [2.05, 4.69) is 58.4 Å². The van der Waals surface area contributed by atoms with Crippen molar-refractivity contribution in [3.8, 4) is 0 Å². The van der Waals surface area contributed by atoms with Gasteiger partial charge >= 0.3 is 0 Å². The van der Waals surface area contributed by atoms with Crippen LogP contribution in [0.4, 0.5) is 5.82 Å². The standard InChI is InChI=1S/C20H35N5O/c1-16(2)7-5-6-9-23-20(21-4)24-14-18-8-10-22-19(13-18)25-11-12-26-17(3)15-25/h8,10,13,16-17H,5-7,9,11-12,14-15H2,1-4H3,(H2,21,23,24). The molecule has 0 amide bonds. The largest absolute Gasteiger partial charge is 0.375 e. The van der Waals surface area contributed by atoms with Crippen LogP contribution >= 0.6 is 0 Å². The van der Waals surface area contributed by atoms with Gasteiger partial charge in [0.05, 0.1) is 12.7 Å². The number of aromatic nitrogens is 1. The Morgan fingerprint density at radius 3 is 2.96 bits per heavy atom. The molecule has 2 heterocycles. The number of morpholine rings is 1. The SMILES string of the molecule is CN=C(NCCCCC(C)C)NCc1ccnc(N2CCOC(C)C2)c1. The van der Waals surface area contributed by atoms with Crippen molar-refractivity contribution in [2.45, 2.75) is 52.7 Å². The molecule has 26 heavy (non-hydrogen) atoms. The summed E-state index contributed by atoms with van der Waals surface area (Å²) in [4.78, 5) is 11.1. The van der Waals surface area contributed by atoms with Crippen molar-refractivity contribution in [1.29, 1.82) is 0 Å². The number of hydrogen-bond donors (Lipinski definition) is 2. The highest BCUT2D eigenvalue weighted by Gasteiger charge is 2.18. The molecule has 0 radical (unpaired) electrons. The summed E-state index contributed by atoms with van der Waals surface area (Å²) in [7, 11) is 1.82. The zero-order valence-corrected chi connectivity index (χ0v) is 16.8. The molecule has 0 bridgehead atoms. The number of pyridine rings is 1. The Kier molecular flexibility index (Phi) is 8.68. The molecule has 1 aromatic rings. The maximum absolute atomic E-state index is 5.62. The van der Waals surface area contributed by atoms with Gasteiger partial charge in [-0.05, 0) is 37.0 Å². The quantitative estimate of drug-likeness (QED) is 0.423. The van der Waals surface area contributed by atoms with E-state index in [1.165, 1.54) is 24.8 Å². The highest BCUT2D eigenvalue weighted by molar-refractivity contribution is 5.79. The maximum Gasteiger partial charge on any atom is 0.191 e. The first-order valence-electron chi connectivity index (χ1n) is 9.84. The number of hydrogen-bond acceptors (Lipinski definition) is 4. The van der Waals surface area contributed by atoms with Crippen LogP contribution in [0.15, 0.2) is 23.3 Å². The number of nitrogens with one attached hydrogen (secondary N) is 2. The zero-order valence-electron chi connectivity index (χ0n) is 16.8. The molecular formula is C20H35N5O. The minimum atomic E-state index is 0.256. The predicted octanol–water partition coefficient (Wildman–Crippen LogP) is 2.80. The highest BCUT2D eigenvalue weighted by atomic mass is 16.5. The average molecular weight is 362 g/mol. The molecule has 1 fully saturated rings. The molecule has 1 aliphatic rings. The van der Waals surface area contributed by atoms with Gasteiger partial charge in [0.15, 0.2) is 5.96 Å². The monoisotopic (exact) mass is 361 g/mol. The molecule has 1 aromatic heterocycles. The van der Waals surface area contributed by atoms with Gasteiger partial charge in [0.1, 0.15) is 5.82 Å². The molecule has 0 aromatic carbocycles. The van der Waals surface area contributed by atoms with Crippen molar-refractivity contribution < 1.29 is 4.74 Å². The number of unbranched alkanes of at least 4 members (excludes halogenated alkanes) is 1. The summed E-state index contributed by atoms with van der Waals surface area (Å²) in [5, 5.41) is 6.79. The Balaban J connectivity index is 1.77. The third-order valence-corrected chi connectivity index (χ3v) is 4.56. The van der Waals surface area contributed by atoms with Crippen molar-refractivity contribution in [2.24, 2.45) is 10.9 Å². The first-order chi connectivity index (χ1) is 12.6. The fourth-order valence-electron chi connectivity index (χ4n) is 3.06. The molecule has 1 atom stereocenters. The van der Waals surface area contributed by atoms with E-state index in [1.54, 1.807) is 0 Å². The lowest BCUT2D eigenvalue weighted by molar-refractivity contribution is 0.0529. The second kappa shape index (κ2) is 11.0. The molecule has 2 rings (SSSR count). The fraction of sp³-hybridized carbons (Fsp3) is 0.700. The minimum Gasteiger partial charge on any atom is -0.375 e. The van der Waals surface area contributed by atoms with E-state index in [0.29, 0.717) is 0 Å². The number of guanidine groups is 1. The fourth-order valence-corrected chi connectivity index (χ4v) is 3.06. The van der Waals surface area contributed by atoms with Crippen molar-refractivity contribution in [3.05, 3.63) is 23.9 Å². The topological polar surface area (TPSA) is 61.8 Å². The third kappa shape index (κ3) is 7.20. The van der Waals surface area contributed by atoms with Gasteiger partial charge in [-0.25, -0.2) is 4.98 Å². The molecule has 1 aliphatic heterocycles. The molecule has 6 heteroatoms. The number of nitrogens with zero attached hydrogens (tertiary/aromatic N) is 3. The first kappa shape index (κ1) is 20.5. The second-order valence-electron chi connectivity index (χ2n) is 7.39. The van der Waals surface area contributed by atoms with Crippen LogP contribution in [-0.4, -0.2) is 50.3 Å². The summed E-state index contributed by atoms with van der Waals surface area (Å²) in [6.07, 6.45) is 5.86. The van der Waals surface area contributed by atoms with E-state index in [0.717, 1.165) is 50.5 Å².